The van der Waals surface area contributed by atoms with Crippen molar-refractivity contribution in [3.8, 4) is 11.4 Å². The first-order valence-corrected chi connectivity index (χ1v) is 8.32. The molecule has 130 valence electrons. The molecular weight excluding hydrogens is 318 g/mol. The van der Waals surface area contributed by atoms with Gasteiger partial charge in [0.1, 0.15) is 5.82 Å². The summed E-state index contributed by atoms with van der Waals surface area (Å²) in [6, 6.07) is 5.63. The molecule has 0 aliphatic rings. The Hall–Kier alpha value is -3.03. The number of carbonyl (C=O) groups is 1. The zero-order valence-corrected chi connectivity index (χ0v) is 14.4. The lowest BCUT2D eigenvalue weighted by Crippen LogP contribution is -2.26. The number of aromatic nitrogens is 5. The van der Waals surface area contributed by atoms with E-state index >= 15 is 0 Å². The minimum atomic E-state index is 0.0333. The van der Waals surface area contributed by atoms with Crippen molar-refractivity contribution in [1.29, 1.82) is 0 Å². The molecule has 0 bridgehead atoms. The van der Waals surface area contributed by atoms with Gasteiger partial charge in [0.2, 0.25) is 5.91 Å². The maximum Gasteiger partial charge on any atom is 0.254 e. The number of anilines is 1. The van der Waals surface area contributed by atoms with Gasteiger partial charge in [-0.2, -0.15) is 9.50 Å². The summed E-state index contributed by atoms with van der Waals surface area (Å²) in [7, 11) is 0. The molecule has 0 radical (unpaired) electrons. The highest BCUT2D eigenvalue weighted by atomic mass is 16.1. The van der Waals surface area contributed by atoms with Crippen LogP contribution in [0.1, 0.15) is 25.5 Å². The molecule has 0 fully saturated rings. The topological polar surface area (TPSA) is 97.1 Å². The van der Waals surface area contributed by atoms with Crippen LogP contribution in [0.3, 0.4) is 0 Å². The zero-order chi connectivity index (χ0) is 17.6. The van der Waals surface area contributed by atoms with Gasteiger partial charge in [-0.3, -0.25) is 9.78 Å². The predicted molar refractivity (Wildman–Crippen MR) is 95.2 cm³/mol. The summed E-state index contributed by atoms with van der Waals surface area (Å²) in [6.45, 7) is 5.14. The normalized spacial score (nSPS) is 10.8. The lowest BCUT2D eigenvalue weighted by molar-refractivity contribution is -0.120. The fourth-order valence-electron chi connectivity index (χ4n) is 2.39. The summed E-state index contributed by atoms with van der Waals surface area (Å²) >= 11 is 0. The van der Waals surface area contributed by atoms with Crippen LogP contribution in [0, 0.1) is 6.92 Å². The number of hydrogen-bond donors (Lipinski definition) is 2. The fourth-order valence-corrected chi connectivity index (χ4v) is 2.39. The average Bonchev–Trinajstić information content (AvgIpc) is 3.04. The van der Waals surface area contributed by atoms with Crippen LogP contribution in [0.2, 0.25) is 0 Å². The third-order valence-corrected chi connectivity index (χ3v) is 3.59. The van der Waals surface area contributed by atoms with Gasteiger partial charge >= 0.3 is 0 Å². The van der Waals surface area contributed by atoms with E-state index in [0.29, 0.717) is 31.1 Å². The van der Waals surface area contributed by atoms with E-state index in [4.69, 9.17) is 0 Å². The number of aryl methyl sites for hydroxylation is 1. The predicted octanol–water partition coefficient (Wildman–Crippen LogP) is 1.82. The summed E-state index contributed by atoms with van der Waals surface area (Å²) in [5.41, 5.74) is 1.66. The van der Waals surface area contributed by atoms with Gasteiger partial charge in [0.05, 0.1) is 0 Å². The summed E-state index contributed by atoms with van der Waals surface area (Å²) in [5, 5.41) is 10.6. The molecule has 3 aromatic heterocycles. The molecule has 0 aliphatic carbocycles. The molecule has 3 rings (SSSR count). The van der Waals surface area contributed by atoms with Gasteiger partial charge < -0.3 is 10.6 Å². The lowest BCUT2D eigenvalue weighted by atomic mass is 10.3. The van der Waals surface area contributed by atoms with Crippen LogP contribution < -0.4 is 10.6 Å². The molecule has 2 N–H and O–H groups in total. The number of nitrogens with one attached hydrogen (secondary N) is 2. The van der Waals surface area contributed by atoms with Crippen molar-refractivity contribution in [2.24, 2.45) is 0 Å². The van der Waals surface area contributed by atoms with E-state index in [2.05, 4.69) is 30.7 Å². The van der Waals surface area contributed by atoms with Crippen LogP contribution in [0.4, 0.5) is 5.82 Å². The van der Waals surface area contributed by atoms with Crippen LogP contribution >= 0.6 is 0 Å². The highest BCUT2D eigenvalue weighted by Crippen LogP contribution is 2.17. The second-order valence-corrected chi connectivity index (χ2v) is 5.70. The highest BCUT2D eigenvalue weighted by molar-refractivity contribution is 5.76. The minimum absolute atomic E-state index is 0.0333. The molecule has 3 aromatic rings. The molecule has 1 amide bonds. The number of fused-ring (bicyclic) bond motifs is 1. The van der Waals surface area contributed by atoms with Gasteiger partial charge in [0.25, 0.3) is 5.78 Å². The molecule has 0 saturated heterocycles. The summed E-state index contributed by atoms with van der Waals surface area (Å²) in [4.78, 5) is 24.7. The quantitative estimate of drug-likeness (QED) is 0.681. The SMILES string of the molecule is CCCNC(=O)CCNc1cc(C)nc2nc(-c3cccnc3)nn12. The highest BCUT2D eigenvalue weighted by Gasteiger charge is 2.11. The Kier molecular flexibility index (Phi) is 5.17. The van der Waals surface area contributed by atoms with Crippen molar-refractivity contribution in [3.63, 3.8) is 0 Å². The van der Waals surface area contributed by atoms with E-state index in [1.165, 1.54) is 0 Å². The van der Waals surface area contributed by atoms with E-state index in [9.17, 15) is 4.79 Å². The third-order valence-electron chi connectivity index (χ3n) is 3.59. The third kappa shape index (κ3) is 4.09. The smallest absolute Gasteiger partial charge is 0.254 e. The largest absolute Gasteiger partial charge is 0.369 e. The van der Waals surface area contributed by atoms with E-state index in [1.807, 2.05) is 32.0 Å². The van der Waals surface area contributed by atoms with Crippen molar-refractivity contribution in [2.75, 3.05) is 18.4 Å². The molecule has 0 saturated carbocycles. The summed E-state index contributed by atoms with van der Waals surface area (Å²) < 4.78 is 1.65. The Bertz CT molecular complexity index is 860. The molecule has 0 unspecified atom stereocenters. The van der Waals surface area contributed by atoms with Gasteiger partial charge in [0, 0.05) is 49.2 Å². The molecule has 3 heterocycles. The first-order valence-electron chi connectivity index (χ1n) is 8.32. The maximum absolute atomic E-state index is 11.7. The van der Waals surface area contributed by atoms with Crippen molar-refractivity contribution in [1.82, 2.24) is 29.9 Å². The first kappa shape index (κ1) is 16.8. The number of rotatable bonds is 7. The van der Waals surface area contributed by atoms with Crippen molar-refractivity contribution in [2.45, 2.75) is 26.7 Å². The average molecular weight is 339 g/mol. The van der Waals surface area contributed by atoms with E-state index in [-0.39, 0.29) is 5.91 Å². The maximum atomic E-state index is 11.7. The number of pyridine rings is 1. The number of hydrogen-bond acceptors (Lipinski definition) is 6. The van der Waals surface area contributed by atoms with Crippen LogP contribution in [-0.4, -0.2) is 43.6 Å². The molecule has 0 spiro atoms. The van der Waals surface area contributed by atoms with E-state index in [1.54, 1.807) is 16.9 Å². The van der Waals surface area contributed by atoms with Crippen LogP contribution in [0.25, 0.3) is 17.2 Å². The first-order chi connectivity index (χ1) is 12.2. The molecule has 25 heavy (non-hydrogen) atoms. The monoisotopic (exact) mass is 339 g/mol. The number of nitrogens with zero attached hydrogens (tertiary/aromatic N) is 5. The van der Waals surface area contributed by atoms with E-state index in [0.717, 1.165) is 23.5 Å². The standard InChI is InChI=1S/C17H21N7O/c1-3-7-20-15(25)6-9-19-14-10-12(2)21-17-22-16(23-24(14)17)13-5-4-8-18-11-13/h4-5,8,10-11,19H,3,6-7,9H2,1-2H3,(H,20,25). The number of carbonyl (C=O) groups excluding carboxylic acids is 1. The van der Waals surface area contributed by atoms with Gasteiger partial charge in [-0.15, -0.1) is 5.10 Å². The van der Waals surface area contributed by atoms with Gasteiger partial charge in [-0.1, -0.05) is 6.92 Å². The Morgan fingerprint density at radius 2 is 2.16 bits per heavy atom. The van der Waals surface area contributed by atoms with Gasteiger partial charge in [-0.05, 0) is 25.5 Å². The van der Waals surface area contributed by atoms with Gasteiger partial charge in [-0.25, -0.2) is 4.98 Å². The molecular formula is C17H21N7O. The number of amides is 1. The van der Waals surface area contributed by atoms with E-state index < -0.39 is 0 Å². The Morgan fingerprint density at radius 1 is 1.28 bits per heavy atom. The molecule has 0 aliphatic heterocycles. The van der Waals surface area contributed by atoms with Crippen molar-refractivity contribution in [3.05, 3.63) is 36.3 Å². The summed E-state index contributed by atoms with van der Waals surface area (Å²) in [5.74, 6) is 1.87. The van der Waals surface area contributed by atoms with Crippen LogP contribution in [0.15, 0.2) is 30.6 Å². The van der Waals surface area contributed by atoms with Crippen molar-refractivity contribution >= 4 is 17.5 Å². The van der Waals surface area contributed by atoms with Gasteiger partial charge in [0.15, 0.2) is 5.82 Å². The second kappa shape index (κ2) is 7.69. The zero-order valence-electron chi connectivity index (χ0n) is 14.4. The lowest BCUT2D eigenvalue weighted by Gasteiger charge is -2.08. The van der Waals surface area contributed by atoms with Crippen molar-refractivity contribution < 1.29 is 4.79 Å². The van der Waals surface area contributed by atoms with Crippen LogP contribution in [-0.2, 0) is 4.79 Å². The molecule has 8 nitrogen and oxygen atoms in total. The minimum Gasteiger partial charge on any atom is -0.369 e. The summed E-state index contributed by atoms with van der Waals surface area (Å²) in [6.07, 6.45) is 4.75. The van der Waals surface area contributed by atoms with Crippen LogP contribution in [0.5, 0.6) is 0 Å². The molecule has 0 atom stereocenters. The molecule has 0 aromatic carbocycles. The Balaban J connectivity index is 1.78. The fraction of sp³-hybridized carbons (Fsp3) is 0.353. The Morgan fingerprint density at radius 3 is 2.92 bits per heavy atom. The second-order valence-electron chi connectivity index (χ2n) is 5.70. The molecule has 8 heteroatoms. The Labute approximate surface area is 145 Å².